The van der Waals surface area contributed by atoms with E-state index in [-0.39, 0.29) is 11.7 Å². The zero-order chi connectivity index (χ0) is 20.4. The molecular formula is C20H16BrN5O3. The van der Waals surface area contributed by atoms with Crippen LogP contribution in [0.25, 0.3) is 5.82 Å². The van der Waals surface area contributed by atoms with Crippen molar-refractivity contribution in [3.8, 4) is 17.4 Å². The summed E-state index contributed by atoms with van der Waals surface area (Å²) in [7, 11) is 0. The number of amides is 1. The number of hydrogen-bond acceptors (Lipinski definition) is 6. The van der Waals surface area contributed by atoms with Gasteiger partial charge in [0.15, 0.2) is 16.2 Å². The molecule has 9 heteroatoms. The number of halogens is 1. The number of ether oxygens (including phenoxy) is 1. The fourth-order valence-corrected chi connectivity index (χ4v) is 2.89. The van der Waals surface area contributed by atoms with E-state index in [1.165, 1.54) is 0 Å². The van der Waals surface area contributed by atoms with Crippen molar-refractivity contribution in [1.29, 1.82) is 0 Å². The van der Waals surface area contributed by atoms with Gasteiger partial charge in [-0.1, -0.05) is 0 Å². The van der Waals surface area contributed by atoms with Crippen molar-refractivity contribution >= 4 is 27.5 Å². The van der Waals surface area contributed by atoms with Crippen molar-refractivity contribution in [3.63, 3.8) is 0 Å². The Kier molecular flexibility index (Phi) is 5.13. The zero-order valence-electron chi connectivity index (χ0n) is 15.6. The molecule has 0 aliphatic rings. The maximum absolute atomic E-state index is 12.1. The summed E-state index contributed by atoms with van der Waals surface area (Å²) in [5, 5.41) is 11.0. The van der Waals surface area contributed by atoms with Gasteiger partial charge in [0.05, 0.1) is 5.69 Å². The first kappa shape index (κ1) is 18.9. The minimum atomic E-state index is -0.337. The lowest BCUT2D eigenvalue weighted by Gasteiger charge is -2.08. The molecule has 0 fully saturated rings. The number of nitrogens with one attached hydrogen (secondary N) is 1. The van der Waals surface area contributed by atoms with E-state index in [0.717, 1.165) is 11.4 Å². The second-order valence-electron chi connectivity index (χ2n) is 6.20. The van der Waals surface area contributed by atoms with E-state index in [0.29, 0.717) is 27.8 Å². The predicted octanol–water partition coefficient (Wildman–Crippen LogP) is 4.68. The molecular weight excluding hydrogens is 438 g/mol. The largest absolute Gasteiger partial charge is 0.444 e. The molecule has 8 nitrogen and oxygen atoms in total. The van der Waals surface area contributed by atoms with Crippen LogP contribution in [0.1, 0.15) is 21.9 Å². The summed E-state index contributed by atoms with van der Waals surface area (Å²) in [5.74, 6) is 1.48. The number of furan rings is 1. The van der Waals surface area contributed by atoms with Crippen LogP contribution in [-0.4, -0.2) is 25.7 Å². The van der Waals surface area contributed by atoms with Gasteiger partial charge in [-0.25, -0.2) is 4.98 Å². The van der Waals surface area contributed by atoms with Gasteiger partial charge in [0.2, 0.25) is 5.88 Å². The Morgan fingerprint density at radius 2 is 1.86 bits per heavy atom. The molecule has 1 aromatic carbocycles. The number of hydrogen-bond donors (Lipinski definition) is 1. The Morgan fingerprint density at radius 1 is 1.07 bits per heavy atom. The minimum absolute atomic E-state index is 0.218. The Morgan fingerprint density at radius 3 is 2.45 bits per heavy atom. The first-order valence-corrected chi connectivity index (χ1v) is 9.48. The molecule has 0 radical (unpaired) electrons. The lowest BCUT2D eigenvalue weighted by Crippen LogP contribution is -2.10. The molecule has 0 aliphatic carbocycles. The molecule has 0 aliphatic heterocycles. The molecule has 1 amide bonds. The van der Waals surface area contributed by atoms with Gasteiger partial charge in [0, 0.05) is 17.4 Å². The van der Waals surface area contributed by atoms with Crippen molar-refractivity contribution in [1.82, 2.24) is 19.7 Å². The molecule has 0 spiro atoms. The molecule has 0 saturated heterocycles. The quantitative estimate of drug-likeness (QED) is 0.471. The number of aryl methyl sites for hydroxylation is 1. The van der Waals surface area contributed by atoms with Gasteiger partial charge in [-0.2, -0.15) is 0 Å². The SMILES string of the molecule is Cc1ncn(-c2ccc(Oc3ccc(NC(=O)c4ccc(Br)o4)cc3)nn2)c1C. The molecule has 0 saturated carbocycles. The molecule has 4 aromatic rings. The second kappa shape index (κ2) is 7.88. The fraction of sp³-hybridized carbons (Fsp3) is 0.100. The van der Waals surface area contributed by atoms with E-state index in [4.69, 9.17) is 9.15 Å². The van der Waals surface area contributed by atoms with Crippen LogP contribution in [0.4, 0.5) is 5.69 Å². The lowest BCUT2D eigenvalue weighted by atomic mass is 10.3. The number of carbonyl (C=O) groups excluding carboxylic acids is 1. The van der Waals surface area contributed by atoms with Crippen LogP contribution in [0.3, 0.4) is 0 Å². The van der Waals surface area contributed by atoms with E-state index < -0.39 is 0 Å². The molecule has 0 bridgehead atoms. The number of carbonyl (C=O) groups is 1. The van der Waals surface area contributed by atoms with Gasteiger partial charge < -0.3 is 14.5 Å². The highest BCUT2D eigenvalue weighted by Crippen LogP contribution is 2.23. The van der Waals surface area contributed by atoms with Gasteiger partial charge in [-0.3, -0.25) is 9.36 Å². The first-order chi connectivity index (χ1) is 14.0. The van der Waals surface area contributed by atoms with Crippen LogP contribution in [0.5, 0.6) is 11.6 Å². The normalized spacial score (nSPS) is 10.7. The van der Waals surface area contributed by atoms with Crippen LogP contribution in [-0.2, 0) is 0 Å². The number of benzene rings is 1. The standard InChI is InChI=1S/C20H16BrN5O3/c1-12-13(2)26(11-22-12)18-9-10-19(25-24-18)28-15-5-3-14(4-6-15)23-20(27)16-7-8-17(21)29-16/h3-11H,1-2H3,(H,23,27). The molecule has 0 unspecified atom stereocenters. The predicted molar refractivity (Wildman–Crippen MR) is 110 cm³/mol. The average Bonchev–Trinajstić information content (AvgIpc) is 3.30. The van der Waals surface area contributed by atoms with Crippen molar-refractivity contribution in [2.45, 2.75) is 13.8 Å². The molecule has 3 aromatic heterocycles. The van der Waals surface area contributed by atoms with E-state index >= 15 is 0 Å². The van der Waals surface area contributed by atoms with E-state index in [1.54, 1.807) is 48.8 Å². The lowest BCUT2D eigenvalue weighted by molar-refractivity contribution is 0.0995. The monoisotopic (exact) mass is 453 g/mol. The third-order valence-electron chi connectivity index (χ3n) is 4.26. The van der Waals surface area contributed by atoms with Crippen molar-refractivity contribution in [3.05, 3.63) is 76.7 Å². The summed E-state index contributed by atoms with van der Waals surface area (Å²) in [6.07, 6.45) is 1.71. The summed E-state index contributed by atoms with van der Waals surface area (Å²) in [5.41, 5.74) is 2.56. The highest BCUT2D eigenvalue weighted by molar-refractivity contribution is 9.10. The molecule has 146 valence electrons. The van der Waals surface area contributed by atoms with Crippen LogP contribution in [0, 0.1) is 13.8 Å². The Hall–Kier alpha value is -3.46. The van der Waals surface area contributed by atoms with E-state index in [9.17, 15) is 4.79 Å². The summed E-state index contributed by atoms with van der Waals surface area (Å²) >= 11 is 3.17. The Balaban J connectivity index is 1.41. The van der Waals surface area contributed by atoms with Crippen LogP contribution in [0.15, 0.2) is 63.9 Å². The summed E-state index contributed by atoms with van der Waals surface area (Å²) in [4.78, 5) is 16.4. The number of rotatable bonds is 5. The first-order valence-electron chi connectivity index (χ1n) is 8.69. The molecule has 29 heavy (non-hydrogen) atoms. The van der Waals surface area contributed by atoms with E-state index in [1.807, 2.05) is 24.5 Å². The van der Waals surface area contributed by atoms with Crippen molar-refractivity contribution in [2.75, 3.05) is 5.32 Å². The number of imidazole rings is 1. The minimum Gasteiger partial charge on any atom is -0.444 e. The van der Waals surface area contributed by atoms with Crippen molar-refractivity contribution < 1.29 is 13.9 Å². The van der Waals surface area contributed by atoms with Gasteiger partial charge in [0.1, 0.15) is 12.1 Å². The summed E-state index contributed by atoms with van der Waals surface area (Å²) < 4.78 is 13.3. The van der Waals surface area contributed by atoms with Gasteiger partial charge >= 0.3 is 0 Å². The van der Waals surface area contributed by atoms with Crippen LogP contribution >= 0.6 is 15.9 Å². The maximum atomic E-state index is 12.1. The summed E-state index contributed by atoms with van der Waals surface area (Å²) in [6.45, 7) is 3.91. The van der Waals surface area contributed by atoms with Crippen molar-refractivity contribution in [2.24, 2.45) is 0 Å². The number of aromatic nitrogens is 4. The second-order valence-corrected chi connectivity index (χ2v) is 6.98. The molecule has 0 atom stereocenters. The fourth-order valence-electron chi connectivity index (χ4n) is 2.58. The Labute approximate surface area is 174 Å². The molecule has 1 N–H and O–H groups in total. The third-order valence-corrected chi connectivity index (χ3v) is 4.68. The van der Waals surface area contributed by atoms with Gasteiger partial charge in [0.25, 0.3) is 5.91 Å². The van der Waals surface area contributed by atoms with Gasteiger partial charge in [-0.15, -0.1) is 10.2 Å². The highest BCUT2D eigenvalue weighted by atomic mass is 79.9. The molecule has 3 heterocycles. The number of anilines is 1. The topological polar surface area (TPSA) is 95.1 Å². The van der Waals surface area contributed by atoms with E-state index in [2.05, 4.69) is 36.4 Å². The Bertz CT molecular complexity index is 1150. The molecule has 4 rings (SSSR count). The smallest absolute Gasteiger partial charge is 0.291 e. The highest BCUT2D eigenvalue weighted by Gasteiger charge is 2.11. The average molecular weight is 454 g/mol. The van der Waals surface area contributed by atoms with Gasteiger partial charge in [-0.05, 0) is 72.2 Å². The summed E-state index contributed by atoms with van der Waals surface area (Å²) in [6, 6.07) is 13.7. The van der Waals surface area contributed by atoms with Crippen LogP contribution < -0.4 is 10.1 Å². The number of nitrogens with zero attached hydrogens (tertiary/aromatic N) is 4. The maximum Gasteiger partial charge on any atom is 0.291 e. The third kappa shape index (κ3) is 4.19. The zero-order valence-corrected chi connectivity index (χ0v) is 17.2. The van der Waals surface area contributed by atoms with Crippen LogP contribution in [0.2, 0.25) is 0 Å².